The summed E-state index contributed by atoms with van der Waals surface area (Å²) < 4.78 is 0. The third-order valence-corrected chi connectivity index (χ3v) is 4.65. The van der Waals surface area contributed by atoms with Crippen LogP contribution >= 0.6 is 11.3 Å². The third-order valence-electron chi connectivity index (χ3n) is 3.68. The van der Waals surface area contributed by atoms with E-state index in [1.807, 2.05) is 25.5 Å². The summed E-state index contributed by atoms with van der Waals surface area (Å²) in [5.74, 6) is -0.183. The molecule has 2 heterocycles. The number of thiophene rings is 1. The molecule has 0 spiro atoms. The molecule has 1 aromatic rings. The number of amides is 2. The van der Waals surface area contributed by atoms with Crippen molar-refractivity contribution in [2.45, 2.75) is 12.5 Å². The van der Waals surface area contributed by atoms with Crippen LogP contribution < -0.4 is 5.32 Å². The van der Waals surface area contributed by atoms with Crippen molar-refractivity contribution in [3.63, 3.8) is 0 Å². The number of likely N-dealkylation sites (N-methyl/N-ethyl adjacent to an activating group) is 1. The Labute approximate surface area is 123 Å². The second-order valence-corrected chi connectivity index (χ2v) is 6.39. The van der Waals surface area contributed by atoms with Crippen molar-refractivity contribution >= 4 is 23.2 Å². The number of carbonyl (C=O) groups excluding carboxylic acids is 2. The van der Waals surface area contributed by atoms with Gasteiger partial charge in [0.25, 0.3) is 0 Å². The largest absolute Gasteiger partial charge is 0.354 e. The highest BCUT2D eigenvalue weighted by atomic mass is 32.1. The maximum Gasteiger partial charge on any atom is 0.225 e. The van der Waals surface area contributed by atoms with Crippen molar-refractivity contribution in [2.75, 3.05) is 34.2 Å². The number of likely N-dealkylation sites (tertiary alicyclic amines) is 1. The average Bonchev–Trinajstić information content (AvgIpc) is 3.00. The minimum Gasteiger partial charge on any atom is -0.354 e. The summed E-state index contributed by atoms with van der Waals surface area (Å²) in [5, 5.41) is 5.02. The van der Waals surface area contributed by atoms with E-state index >= 15 is 0 Å². The van der Waals surface area contributed by atoms with Gasteiger partial charge in [0.05, 0.1) is 12.0 Å². The van der Waals surface area contributed by atoms with Gasteiger partial charge in [-0.05, 0) is 25.5 Å². The number of carbonyl (C=O) groups is 2. The number of rotatable bonds is 5. The molecule has 0 aliphatic carbocycles. The molecular weight excluding hydrogens is 274 g/mol. The van der Waals surface area contributed by atoms with Crippen LogP contribution in [0.5, 0.6) is 0 Å². The van der Waals surface area contributed by atoms with E-state index in [2.05, 4.69) is 16.3 Å². The molecule has 1 fully saturated rings. The molecule has 1 aromatic heterocycles. The molecule has 0 unspecified atom stereocenters. The Bertz CT molecular complexity index is 473. The van der Waals surface area contributed by atoms with Crippen molar-refractivity contribution in [1.29, 1.82) is 0 Å². The number of nitrogens with zero attached hydrogens (tertiary/aromatic N) is 2. The van der Waals surface area contributed by atoms with Gasteiger partial charge in [0.15, 0.2) is 0 Å². The third kappa shape index (κ3) is 3.37. The normalized spacial score (nSPS) is 20.5. The summed E-state index contributed by atoms with van der Waals surface area (Å²) in [4.78, 5) is 28.5. The van der Waals surface area contributed by atoms with E-state index < -0.39 is 0 Å². The predicted octanol–water partition coefficient (Wildman–Crippen LogP) is 0.945. The lowest BCUT2D eigenvalue weighted by Gasteiger charge is -2.24. The van der Waals surface area contributed by atoms with Crippen LogP contribution in [0.15, 0.2) is 17.5 Å². The molecule has 1 aliphatic rings. The Hall–Kier alpha value is -1.40. The zero-order valence-electron chi connectivity index (χ0n) is 12.1. The molecule has 0 bridgehead atoms. The smallest absolute Gasteiger partial charge is 0.225 e. The highest BCUT2D eigenvalue weighted by molar-refractivity contribution is 7.10. The fraction of sp³-hybridized carbons (Fsp3) is 0.571. The van der Waals surface area contributed by atoms with Crippen LogP contribution in [0.4, 0.5) is 0 Å². The zero-order chi connectivity index (χ0) is 14.7. The first-order chi connectivity index (χ1) is 9.49. The minimum atomic E-state index is -0.210. The van der Waals surface area contributed by atoms with Crippen LogP contribution in [0.25, 0.3) is 0 Å². The summed E-state index contributed by atoms with van der Waals surface area (Å²) >= 11 is 1.69. The van der Waals surface area contributed by atoms with Crippen molar-refractivity contribution in [3.05, 3.63) is 22.4 Å². The van der Waals surface area contributed by atoms with Crippen LogP contribution in [0.2, 0.25) is 0 Å². The van der Waals surface area contributed by atoms with Gasteiger partial charge in [-0.25, -0.2) is 0 Å². The maximum atomic E-state index is 12.1. The van der Waals surface area contributed by atoms with Gasteiger partial charge < -0.3 is 15.1 Å². The minimum absolute atomic E-state index is 0.0221. The van der Waals surface area contributed by atoms with Crippen LogP contribution in [0, 0.1) is 5.92 Å². The fourth-order valence-electron chi connectivity index (χ4n) is 2.40. The van der Waals surface area contributed by atoms with Gasteiger partial charge in [-0.1, -0.05) is 6.07 Å². The van der Waals surface area contributed by atoms with E-state index in [-0.39, 0.29) is 23.8 Å². The summed E-state index contributed by atoms with van der Waals surface area (Å²) in [5.41, 5.74) is 0. The van der Waals surface area contributed by atoms with E-state index in [1.54, 1.807) is 23.3 Å². The van der Waals surface area contributed by atoms with Gasteiger partial charge in [0, 0.05) is 31.4 Å². The van der Waals surface area contributed by atoms with Gasteiger partial charge >= 0.3 is 0 Å². The number of nitrogens with one attached hydrogen (secondary N) is 1. The second-order valence-electron chi connectivity index (χ2n) is 5.42. The number of hydrogen-bond acceptors (Lipinski definition) is 4. The first kappa shape index (κ1) is 15.0. The lowest BCUT2D eigenvalue weighted by Crippen LogP contribution is -2.38. The Morgan fingerprint density at radius 1 is 1.60 bits per heavy atom. The van der Waals surface area contributed by atoms with Crippen LogP contribution in [-0.2, 0) is 9.59 Å². The zero-order valence-corrected chi connectivity index (χ0v) is 12.9. The van der Waals surface area contributed by atoms with E-state index in [9.17, 15) is 9.59 Å². The summed E-state index contributed by atoms with van der Waals surface area (Å²) in [6.07, 6.45) is 0.327. The molecule has 6 heteroatoms. The molecule has 0 saturated carbocycles. The van der Waals surface area contributed by atoms with E-state index in [0.717, 1.165) is 0 Å². The van der Waals surface area contributed by atoms with Gasteiger partial charge in [-0.15, -0.1) is 11.3 Å². The Kier molecular flexibility index (Phi) is 4.77. The molecule has 20 heavy (non-hydrogen) atoms. The predicted molar refractivity (Wildman–Crippen MR) is 79.5 cm³/mol. The van der Waals surface area contributed by atoms with Crippen molar-refractivity contribution < 1.29 is 9.59 Å². The Morgan fingerprint density at radius 3 is 2.85 bits per heavy atom. The fourth-order valence-corrected chi connectivity index (χ4v) is 3.32. The molecule has 1 N–H and O–H groups in total. The molecule has 0 aromatic carbocycles. The highest BCUT2D eigenvalue weighted by Gasteiger charge is 2.32. The SMILES string of the molecule is CN1C[C@H](C(=O)NC[C@@H](c2cccs2)N(C)C)CC1=O. The average molecular weight is 295 g/mol. The van der Waals surface area contributed by atoms with E-state index in [4.69, 9.17) is 0 Å². The lowest BCUT2D eigenvalue weighted by molar-refractivity contribution is -0.128. The first-order valence-electron chi connectivity index (χ1n) is 6.70. The summed E-state index contributed by atoms with van der Waals surface area (Å²) in [6, 6.07) is 4.27. The van der Waals surface area contributed by atoms with Crippen molar-refractivity contribution in [3.8, 4) is 0 Å². The van der Waals surface area contributed by atoms with Gasteiger partial charge in [-0.3, -0.25) is 9.59 Å². The number of hydrogen-bond donors (Lipinski definition) is 1. The monoisotopic (exact) mass is 295 g/mol. The quantitative estimate of drug-likeness (QED) is 0.880. The first-order valence-corrected chi connectivity index (χ1v) is 7.58. The van der Waals surface area contributed by atoms with Crippen LogP contribution in [0.3, 0.4) is 0 Å². The second kappa shape index (κ2) is 6.37. The molecule has 0 radical (unpaired) electrons. The Morgan fingerprint density at radius 2 is 2.35 bits per heavy atom. The Balaban J connectivity index is 1.90. The van der Waals surface area contributed by atoms with Gasteiger partial charge in [-0.2, -0.15) is 0 Å². The van der Waals surface area contributed by atoms with Crippen LogP contribution in [-0.4, -0.2) is 55.8 Å². The van der Waals surface area contributed by atoms with E-state index in [0.29, 0.717) is 19.5 Å². The van der Waals surface area contributed by atoms with E-state index in [1.165, 1.54) is 4.88 Å². The molecule has 5 nitrogen and oxygen atoms in total. The summed E-state index contributed by atoms with van der Waals surface area (Å²) in [7, 11) is 5.75. The molecular formula is C14H21N3O2S. The molecule has 2 amide bonds. The standard InChI is InChI=1S/C14H21N3O2S/c1-16(2)11(12-5-4-6-20-12)8-15-14(19)10-7-13(18)17(3)9-10/h4-6,10-11H,7-9H2,1-3H3,(H,15,19)/t10-,11+/m1/s1. The summed E-state index contributed by atoms with van der Waals surface area (Å²) in [6.45, 7) is 1.09. The lowest BCUT2D eigenvalue weighted by atomic mass is 10.1. The van der Waals surface area contributed by atoms with Crippen molar-refractivity contribution in [2.24, 2.45) is 5.92 Å². The van der Waals surface area contributed by atoms with Crippen molar-refractivity contribution in [1.82, 2.24) is 15.1 Å². The molecule has 110 valence electrons. The molecule has 1 saturated heterocycles. The molecule has 1 aliphatic heterocycles. The topological polar surface area (TPSA) is 52.7 Å². The van der Waals surface area contributed by atoms with Crippen LogP contribution in [0.1, 0.15) is 17.3 Å². The van der Waals surface area contributed by atoms with Gasteiger partial charge in [0.2, 0.25) is 11.8 Å². The maximum absolute atomic E-state index is 12.1. The van der Waals surface area contributed by atoms with Gasteiger partial charge in [0.1, 0.15) is 0 Å². The molecule has 2 atom stereocenters. The highest BCUT2D eigenvalue weighted by Crippen LogP contribution is 2.23. The molecule has 2 rings (SSSR count).